The first-order valence-electron chi connectivity index (χ1n) is 7.53. The number of hydrazine groups is 1. The van der Waals surface area contributed by atoms with Gasteiger partial charge in [-0.25, -0.2) is 0 Å². The third kappa shape index (κ3) is 4.49. The van der Waals surface area contributed by atoms with Crippen LogP contribution >= 0.6 is 0 Å². The van der Waals surface area contributed by atoms with Gasteiger partial charge < -0.3 is 4.74 Å². The average molecular weight is 266 g/mol. The minimum atomic E-state index is -0.104. The zero-order valence-corrected chi connectivity index (χ0v) is 12.8. The molecule has 0 aromatic heterocycles. The zero-order valence-electron chi connectivity index (χ0n) is 12.8. The van der Waals surface area contributed by atoms with Crippen LogP contribution in [0.15, 0.2) is 0 Å². The van der Waals surface area contributed by atoms with E-state index in [-0.39, 0.29) is 11.6 Å². The van der Waals surface area contributed by atoms with Crippen molar-refractivity contribution in [2.75, 3.05) is 6.61 Å². The minimum absolute atomic E-state index is 0.104. The van der Waals surface area contributed by atoms with E-state index in [9.17, 15) is 0 Å². The highest BCUT2D eigenvalue weighted by molar-refractivity contribution is 4.98. The van der Waals surface area contributed by atoms with E-state index in [0.29, 0.717) is 5.41 Å². The van der Waals surface area contributed by atoms with Crippen LogP contribution in [0.3, 0.4) is 0 Å². The Balaban J connectivity index is 2.71. The van der Waals surface area contributed by atoms with Crippen LogP contribution in [0, 0.1) is 17.8 Å². The maximum Gasteiger partial charge on any atom is 0.0848 e. The van der Waals surface area contributed by atoms with Gasteiger partial charge in [0.1, 0.15) is 0 Å². The summed E-state index contributed by atoms with van der Waals surface area (Å²) in [4.78, 5) is 0. The van der Waals surface area contributed by atoms with E-state index in [1.807, 2.05) is 0 Å². The van der Waals surface area contributed by atoms with Crippen LogP contribution in [0.4, 0.5) is 0 Å². The molecule has 0 radical (unpaired) electrons. The summed E-state index contributed by atoms with van der Waals surface area (Å²) in [5.74, 6) is 8.49. The molecule has 1 fully saturated rings. The van der Waals surface area contributed by atoms with E-state index in [2.05, 4.69) is 32.1 Å². The molecule has 1 atom stereocenters. The molecule has 1 saturated carbocycles. The van der Waals surface area contributed by atoms with Crippen LogP contribution < -0.4 is 11.3 Å². The highest BCUT2D eigenvalue weighted by Gasteiger charge is 2.44. The predicted molar refractivity (Wildman–Crippen MR) is 80.4 cm³/mol. The molecular formula is C16H30N2O. The molecule has 110 valence electrons. The number of hydrogen-bond acceptors (Lipinski definition) is 3. The van der Waals surface area contributed by atoms with Gasteiger partial charge in [-0.1, -0.05) is 13.8 Å². The quantitative estimate of drug-likeness (QED) is 0.322. The van der Waals surface area contributed by atoms with E-state index in [4.69, 9.17) is 17.0 Å². The van der Waals surface area contributed by atoms with Crippen molar-refractivity contribution in [1.29, 1.82) is 0 Å². The first kappa shape index (κ1) is 16.5. The molecule has 0 saturated heterocycles. The summed E-state index contributed by atoms with van der Waals surface area (Å²) in [7, 11) is 0. The first-order valence-corrected chi connectivity index (χ1v) is 7.53. The van der Waals surface area contributed by atoms with Gasteiger partial charge in [-0.2, -0.15) is 0 Å². The molecule has 1 rings (SSSR count). The summed E-state index contributed by atoms with van der Waals surface area (Å²) in [5, 5.41) is 0. The van der Waals surface area contributed by atoms with Gasteiger partial charge in [-0.15, -0.1) is 12.3 Å². The van der Waals surface area contributed by atoms with Crippen molar-refractivity contribution in [1.82, 2.24) is 5.43 Å². The number of terminal acetylenes is 1. The molecular weight excluding hydrogens is 236 g/mol. The summed E-state index contributed by atoms with van der Waals surface area (Å²) in [5.41, 5.74) is 3.32. The molecule has 3 N–H and O–H groups in total. The monoisotopic (exact) mass is 266 g/mol. The second-order valence-electron chi connectivity index (χ2n) is 6.48. The van der Waals surface area contributed by atoms with Crippen molar-refractivity contribution in [2.24, 2.45) is 11.3 Å². The average Bonchev–Trinajstić information content (AvgIpc) is 2.38. The van der Waals surface area contributed by atoms with E-state index in [1.165, 1.54) is 12.8 Å². The topological polar surface area (TPSA) is 47.3 Å². The Hall–Kier alpha value is -0.560. The fraction of sp³-hybridized carbons (Fsp3) is 0.875. The number of rotatable bonds is 7. The molecule has 0 spiro atoms. The van der Waals surface area contributed by atoms with Gasteiger partial charge in [0.2, 0.25) is 0 Å². The van der Waals surface area contributed by atoms with Gasteiger partial charge in [0, 0.05) is 13.0 Å². The fourth-order valence-corrected chi connectivity index (χ4v) is 3.14. The zero-order chi connectivity index (χ0) is 14.4. The van der Waals surface area contributed by atoms with Gasteiger partial charge in [-0.05, 0) is 50.9 Å². The van der Waals surface area contributed by atoms with Crippen LogP contribution in [0.1, 0.15) is 65.7 Å². The third-order valence-electron chi connectivity index (χ3n) is 4.53. The van der Waals surface area contributed by atoms with E-state index < -0.39 is 0 Å². The van der Waals surface area contributed by atoms with Crippen LogP contribution in [-0.2, 0) is 4.74 Å². The largest absolute Gasteiger partial charge is 0.374 e. The molecule has 0 aromatic carbocycles. The lowest BCUT2D eigenvalue weighted by Gasteiger charge is -2.47. The van der Waals surface area contributed by atoms with Crippen molar-refractivity contribution in [3.8, 4) is 12.3 Å². The van der Waals surface area contributed by atoms with Gasteiger partial charge in [0.25, 0.3) is 0 Å². The molecule has 0 aliphatic heterocycles. The molecule has 19 heavy (non-hydrogen) atoms. The Morgan fingerprint density at radius 2 is 1.95 bits per heavy atom. The standard InChI is InChI=1S/C16H30N2O/c1-5-7-8-9-14(18-17)16(19-6-2)12-10-15(3,4)11-13-16/h1,14,18H,6-13,17H2,2-4H3. The maximum absolute atomic E-state index is 6.15. The van der Waals surface area contributed by atoms with E-state index in [1.54, 1.807) is 0 Å². The minimum Gasteiger partial charge on any atom is -0.374 e. The predicted octanol–water partition coefficient (Wildman–Crippen LogP) is 3.00. The highest BCUT2D eigenvalue weighted by atomic mass is 16.5. The number of nitrogens with two attached hydrogens (primary N) is 1. The third-order valence-corrected chi connectivity index (χ3v) is 4.53. The number of hydrogen-bond donors (Lipinski definition) is 2. The van der Waals surface area contributed by atoms with E-state index >= 15 is 0 Å². The summed E-state index contributed by atoms with van der Waals surface area (Å²) in [6, 6.07) is 0.205. The Kier molecular flexibility index (Phi) is 6.32. The maximum atomic E-state index is 6.15. The highest BCUT2D eigenvalue weighted by Crippen LogP contribution is 2.44. The Morgan fingerprint density at radius 1 is 1.32 bits per heavy atom. The molecule has 1 aliphatic carbocycles. The van der Waals surface area contributed by atoms with Gasteiger partial charge in [0.05, 0.1) is 11.6 Å². The molecule has 3 nitrogen and oxygen atoms in total. The lowest BCUT2D eigenvalue weighted by Crippen LogP contribution is -2.57. The molecule has 1 unspecified atom stereocenters. The Bertz CT molecular complexity index is 296. The first-order chi connectivity index (χ1) is 8.99. The normalized spacial score (nSPS) is 22.7. The number of nitrogens with one attached hydrogen (secondary N) is 1. The van der Waals surface area contributed by atoms with Gasteiger partial charge >= 0.3 is 0 Å². The van der Waals surface area contributed by atoms with Crippen molar-refractivity contribution in [3.05, 3.63) is 0 Å². The summed E-state index contributed by atoms with van der Waals surface area (Å²) in [6.07, 6.45) is 12.7. The smallest absolute Gasteiger partial charge is 0.0848 e. The summed E-state index contributed by atoms with van der Waals surface area (Å²) in [6.45, 7) is 7.49. The van der Waals surface area contributed by atoms with Gasteiger partial charge in [0.15, 0.2) is 0 Å². The lowest BCUT2D eigenvalue weighted by atomic mass is 9.68. The number of unbranched alkanes of at least 4 members (excludes halogenated alkanes) is 1. The molecule has 0 bridgehead atoms. The fourth-order valence-electron chi connectivity index (χ4n) is 3.14. The molecule has 0 amide bonds. The Labute approximate surface area is 118 Å². The molecule has 1 aliphatic rings. The van der Waals surface area contributed by atoms with Crippen LogP contribution in [0.5, 0.6) is 0 Å². The van der Waals surface area contributed by atoms with Crippen LogP contribution in [0.2, 0.25) is 0 Å². The van der Waals surface area contributed by atoms with Crippen LogP contribution in [0.25, 0.3) is 0 Å². The van der Waals surface area contributed by atoms with Crippen molar-refractivity contribution >= 4 is 0 Å². The van der Waals surface area contributed by atoms with Crippen molar-refractivity contribution in [3.63, 3.8) is 0 Å². The summed E-state index contributed by atoms with van der Waals surface area (Å²) < 4.78 is 6.15. The molecule has 0 heterocycles. The lowest BCUT2D eigenvalue weighted by molar-refractivity contribution is -0.108. The SMILES string of the molecule is C#CCCCC(NN)C1(OCC)CCC(C)(C)CC1. The molecule has 3 heteroatoms. The second kappa shape index (κ2) is 7.28. The van der Waals surface area contributed by atoms with Crippen LogP contribution in [-0.4, -0.2) is 18.2 Å². The second-order valence-corrected chi connectivity index (χ2v) is 6.48. The Morgan fingerprint density at radius 3 is 2.42 bits per heavy atom. The van der Waals surface area contributed by atoms with Crippen molar-refractivity contribution < 1.29 is 4.74 Å². The van der Waals surface area contributed by atoms with Crippen molar-refractivity contribution in [2.45, 2.75) is 77.4 Å². The molecule has 0 aromatic rings. The van der Waals surface area contributed by atoms with Gasteiger partial charge in [-0.3, -0.25) is 11.3 Å². The van der Waals surface area contributed by atoms with E-state index in [0.717, 1.165) is 38.7 Å². The number of ether oxygens (including phenoxy) is 1. The summed E-state index contributed by atoms with van der Waals surface area (Å²) >= 11 is 0.